The number of carboxylic acid groups (broad SMARTS) is 1. The largest absolute Gasteiger partial charge is 0.481 e. The van der Waals surface area contributed by atoms with E-state index < -0.39 is 5.97 Å². The molecule has 0 atom stereocenters. The van der Waals surface area contributed by atoms with Gasteiger partial charge in [-0.25, -0.2) is 0 Å². The molecule has 0 unspecified atom stereocenters. The van der Waals surface area contributed by atoms with E-state index in [0.717, 1.165) is 45.3 Å². The number of nitrogens with zero attached hydrogens (tertiary/aromatic N) is 1. The quantitative estimate of drug-likeness (QED) is 0.754. The number of aliphatic carboxylic acids is 1. The summed E-state index contributed by atoms with van der Waals surface area (Å²) in [6, 6.07) is 0. The van der Waals surface area contributed by atoms with Gasteiger partial charge in [0.05, 0.1) is 6.42 Å². The van der Waals surface area contributed by atoms with Gasteiger partial charge in [0, 0.05) is 19.5 Å². The molecule has 2 aliphatic rings. The van der Waals surface area contributed by atoms with Crippen molar-refractivity contribution in [3.8, 4) is 0 Å². The molecule has 5 nitrogen and oxygen atoms in total. The molecule has 1 amide bonds. The van der Waals surface area contributed by atoms with Crippen molar-refractivity contribution in [2.24, 2.45) is 5.41 Å². The second-order valence-corrected chi connectivity index (χ2v) is 6.71. The molecular formula is C16H28N2O3. The molecule has 2 N–H and O–H groups in total. The summed E-state index contributed by atoms with van der Waals surface area (Å²) >= 11 is 0. The third-order valence-corrected chi connectivity index (χ3v) is 4.92. The number of carbonyl (C=O) groups is 2. The molecule has 0 aromatic heterocycles. The minimum atomic E-state index is -0.780. The van der Waals surface area contributed by atoms with Crippen molar-refractivity contribution in [2.45, 2.75) is 57.8 Å². The highest BCUT2D eigenvalue weighted by Crippen LogP contribution is 2.43. The minimum absolute atomic E-state index is 0.0233. The van der Waals surface area contributed by atoms with Gasteiger partial charge < -0.3 is 15.3 Å². The van der Waals surface area contributed by atoms with E-state index in [2.05, 4.69) is 10.2 Å². The summed E-state index contributed by atoms with van der Waals surface area (Å²) in [5.41, 5.74) is -0.291. The molecule has 1 heterocycles. The number of hydrogen-bond acceptors (Lipinski definition) is 3. The summed E-state index contributed by atoms with van der Waals surface area (Å²) in [4.78, 5) is 25.5. The van der Waals surface area contributed by atoms with E-state index in [1.165, 1.54) is 19.3 Å². The van der Waals surface area contributed by atoms with E-state index in [1.807, 2.05) is 0 Å². The van der Waals surface area contributed by atoms with Crippen molar-refractivity contribution in [3.05, 3.63) is 0 Å². The van der Waals surface area contributed by atoms with Crippen LogP contribution in [0, 0.1) is 5.41 Å². The second kappa shape index (κ2) is 7.78. The maximum absolute atomic E-state index is 12.1. The number of piperidine rings is 1. The van der Waals surface area contributed by atoms with E-state index in [9.17, 15) is 9.59 Å². The van der Waals surface area contributed by atoms with Crippen LogP contribution < -0.4 is 5.32 Å². The molecule has 0 bridgehead atoms. The molecule has 120 valence electrons. The van der Waals surface area contributed by atoms with Crippen LogP contribution in [0.5, 0.6) is 0 Å². The Morgan fingerprint density at radius 3 is 2.29 bits per heavy atom. The van der Waals surface area contributed by atoms with Gasteiger partial charge in [-0.2, -0.15) is 0 Å². The molecule has 1 aliphatic heterocycles. The van der Waals surface area contributed by atoms with E-state index in [1.54, 1.807) is 0 Å². The monoisotopic (exact) mass is 296 g/mol. The first-order valence-corrected chi connectivity index (χ1v) is 8.31. The van der Waals surface area contributed by atoms with Crippen molar-refractivity contribution >= 4 is 11.9 Å². The fraction of sp³-hybridized carbons (Fsp3) is 0.875. The van der Waals surface area contributed by atoms with Crippen LogP contribution in [0.3, 0.4) is 0 Å². The van der Waals surface area contributed by atoms with Crippen LogP contribution in [-0.2, 0) is 9.59 Å². The third-order valence-electron chi connectivity index (χ3n) is 4.92. The highest BCUT2D eigenvalue weighted by Gasteiger charge is 2.37. The molecule has 0 radical (unpaired) electrons. The van der Waals surface area contributed by atoms with Crippen molar-refractivity contribution < 1.29 is 14.7 Å². The van der Waals surface area contributed by atoms with Gasteiger partial charge in [0.25, 0.3) is 0 Å². The first-order valence-electron chi connectivity index (χ1n) is 8.31. The van der Waals surface area contributed by atoms with Crippen LogP contribution in [0.1, 0.15) is 57.8 Å². The fourth-order valence-corrected chi connectivity index (χ4v) is 3.80. The molecule has 1 saturated heterocycles. The molecular weight excluding hydrogens is 268 g/mol. The van der Waals surface area contributed by atoms with Crippen LogP contribution >= 0.6 is 0 Å². The Bertz CT molecular complexity index is 359. The maximum Gasteiger partial charge on any atom is 0.303 e. The Labute approximate surface area is 127 Å². The summed E-state index contributed by atoms with van der Waals surface area (Å²) in [6.45, 7) is 3.87. The highest BCUT2D eigenvalue weighted by molar-refractivity contribution is 5.78. The normalized spacial score (nSPS) is 22.1. The Balaban J connectivity index is 1.70. The molecule has 2 rings (SSSR count). The zero-order chi connectivity index (χ0) is 15.1. The van der Waals surface area contributed by atoms with Crippen LogP contribution in [0.4, 0.5) is 0 Å². The Morgan fingerprint density at radius 2 is 1.67 bits per heavy atom. The first kappa shape index (κ1) is 16.3. The van der Waals surface area contributed by atoms with Crippen LogP contribution in [-0.4, -0.2) is 48.1 Å². The third kappa shape index (κ3) is 5.30. The van der Waals surface area contributed by atoms with Crippen molar-refractivity contribution in [1.82, 2.24) is 10.2 Å². The fourth-order valence-electron chi connectivity index (χ4n) is 3.80. The standard InChI is InChI=1S/C16H28N2O3/c19-14(17-8-11-18-9-4-1-5-10-18)12-16(13-15(20)21)6-2-3-7-16/h1-13H2,(H,17,19)(H,20,21). The lowest BCUT2D eigenvalue weighted by Gasteiger charge is -2.28. The SMILES string of the molecule is O=C(O)CC1(CC(=O)NCCN2CCCCC2)CCCC1. The zero-order valence-electron chi connectivity index (χ0n) is 12.9. The van der Waals surface area contributed by atoms with Crippen molar-refractivity contribution in [2.75, 3.05) is 26.2 Å². The predicted octanol–water partition coefficient (Wildman–Crippen LogP) is 2.01. The summed E-state index contributed by atoms with van der Waals surface area (Å²) in [7, 11) is 0. The lowest BCUT2D eigenvalue weighted by molar-refractivity contribution is -0.140. The number of amides is 1. The molecule has 1 aliphatic carbocycles. The summed E-state index contributed by atoms with van der Waals surface area (Å²) in [6.07, 6.45) is 8.19. The smallest absolute Gasteiger partial charge is 0.303 e. The molecule has 0 aromatic rings. The Hall–Kier alpha value is -1.10. The van der Waals surface area contributed by atoms with Crippen molar-refractivity contribution in [3.63, 3.8) is 0 Å². The molecule has 2 fully saturated rings. The lowest BCUT2D eigenvalue weighted by Crippen LogP contribution is -2.39. The van der Waals surface area contributed by atoms with Gasteiger partial charge in [-0.3, -0.25) is 9.59 Å². The zero-order valence-corrected chi connectivity index (χ0v) is 12.9. The van der Waals surface area contributed by atoms with Crippen LogP contribution in [0.25, 0.3) is 0 Å². The van der Waals surface area contributed by atoms with Crippen molar-refractivity contribution in [1.29, 1.82) is 0 Å². The van der Waals surface area contributed by atoms with Gasteiger partial charge in [-0.15, -0.1) is 0 Å². The van der Waals surface area contributed by atoms with Crippen LogP contribution in [0.15, 0.2) is 0 Å². The number of nitrogens with one attached hydrogen (secondary N) is 1. The maximum atomic E-state index is 12.1. The van der Waals surface area contributed by atoms with Gasteiger partial charge in [0.15, 0.2) is 0 Å². The Morgan fingerprint density at radius 1 is 1.00 bits per heavy atom. The summed E-state index contributed by atoms with van der Waals surface area (Å²) in [5.74, 6) is -0.756. The highest BCUT2D eigenvalue weighted by atomic mass is 16.4. The summed E-state index contributed by atoms with van der Waals surface area (Å²) < 4.78 is 0. The second-order valence-electron chi connectivity index (χ2n) is 6.71. The minimum Gasteiger partial charge on any atom is -0.481 e. The van der Waals surface area contributed by atoms with Gasteiger partial charge in [0.2, 0.25) is 5.91 Å². The first-order chi connectivity index (χ1) is 10.1. The number of carboxylic acids is 1. The average Bonchev–Trinajstić information content (AvgIpc) is 2.87. The molecule has 0 aromatic carbocycles. The van der Waals surface area contributed by atoms with E-state index in [4.69, 9.17) is 5.11 Å². The number of likely N-dealkylation sites (tertiary alicyclic amines) is 1. The van der Waals surface area contributed by atoms with Crippen LogP contribution in [0.2, 0.25) is 0 Å². The van der Waals surface area contributed by atoms with Gasteiger partial charge >= 0.3 is 5.97 Å². The molecule has 5 heteroatoms. The number of rotatable bonds is 7. The molecule has 1 saturated carbocycles. The molecule has 21 heavy (non-hydrogen) atoms. The predicted molar refractivity (Wildman–Crippen MR) is 81.1 cm³/mol. The van der Waals surface area contributed by atoms with E-state index in [-0.39, 0.29) is 17.7 Å². The van der Waals surface area contributed by atoms with Gasteiger partial charge in [0.1, 0.15) is 0 Å². The lowest BCUT2D eigenvalue weighted by atomic mass is 9.79. The van der Waals surface area contributed by atoms with E-state index in [0.29, 0.717) is 13.0 Å². The topological polar surface area (TPSA) is 69.6 Å². The Kier molecular flexibility index (Phi) is 6.03. The number of hydrogen-bond donors (Lipinski definition) is 2. The summed E-state index contributed by atoms with van der Waals surface area (Å²) in [5, 5.41) is 12.0. The van der Waals surface area contributed by atoms with E-state index >= 15 is 0 Å². The van der Waals surface area contributed by atoms with Gasteiger partial charge in [-0.1, -0.05) is 19.3 Å². The van der Waals surface area contributed by atoms with Gasteiger partial charge in [-0.05, 0) is 44.2 Å². The average molecular weight is 296 g/mol. The number of carbonyl (C=O) groups excluding carboxylic acids is 1. The molecule has 0 spiro atoms.